The third-order valence-electron chi connectivity index (χ3n) is 9.37. The van der Waals surface area contributed by atoms with Gasteiger partial charge in [0, 0.05) is 40.7 Å². The van der Waals surface area contributed by atoms with Crippen LogP contribution < -0.4 is 4.90 Å². The van der Waals surface area contributed by atoms with Crippen LogP contribution in [0.2, 0.25) is 0 Å². The number of fused-ring (bicyclic) bond motifs is 7. The number of aromatic nitrogens is 1. The van der Waals surface area contributed by atoms with E-state index in [1.165, 1.54) is 33.2 Å². The number of anilines is 1. The molecule has 8 rings (SSSR count). The van der Waals surface area contributed by atoms with Crippen LogP contribution in [0.15, 0.2) is 109 Å². The monoisotopic (exact) mass is 568 g/mol. The van der Waals surface area contributed by atoms with E-state index in [0.29, 0.717) is 5.69 Å². The molecule has 3 nitrogen and oxygen atoms in total. The van der Waals surface area contributed by atoms with E-state index in [9.17, 15) is 0 Å². The van der Waals surface area contributed by atoms with Crippen molar-refractivity contribution in [3.05, 3.63) is 131 Å². The van der Waals surface area contributed by atoms with Crippen molar-refractivity contribution in [2.75, 3.05) is 19.0 Å². The van der Waals surface area contributed by atoms with E-state index < -0.39 is 24.2 Å². The minimum atomic E-state index is -0.449. The van der Waals surface area contributed by atoms with Crippen molar-refractivity contribution in [1.82, 2.24) is 4.57 Å². The summed E-state index contributed by atoms with van der Waals surface area (Å²) >= 11 is 0. The Morgan fingerprint density at radius 2 is 1.47 bits per heavy atom. The zero-order valence-electron chi connectivity index (χ0n) is 33.3. The van der Waals surface area contributed by atoms with Gasteiger partial charge in [0.25, 0.3) is 0 Å². The van der Waals surface area contributed by atoms with Crippen LogP contribution in [0, 0.1) is 6.92 Å². The Morgan fingerprint density at radius 1 is 0.814 bits per heavy atom. The Hall–Kier alpha value is -4.63. The second-order valence-electron chi connectivity index (χ2n) is 12.8. The number of hydrogen-bond acceptors (Lipinski definition) is 1. The summed E-state index contributed by atoms with van der Waals surface area (Å²) in [5.74, 6) is -0.0595. The van der Waals surface area contributed by atoms with E-state index in [0.717, 1.165) is 11.3 Å². The third kappa shape index (κ3) is 3.70. The molecule has 0 spiro atoms. The first-order valence-corrected chi connectivity index (χ1v) is 14.7. The lowest BCUT2D eigenvalue weighted by Gasteiger charge is -2.30. The van der Waals surface area contributed by atoms with Crippen LogP contribution in [0.4, 0.5) is 5.69 Å². The van der Waals surface area contributed by atoms with Gasteiger partial charge in [-0.15, -0.1) is 0 Å². The molecule has 0 bridgehead atoms. The van der Waals surface area contributed by atoms with E-state index in [4.69, 9.17) is 11.0 Å². The molecule has 2 atom stereocenters. The quantitative estimate of drug-likeness (QED) is 0.190. The molecule has 5 aromatic carbocycles. The predicted octanol–water partition coefficient (Wildman–Crippen LogP) is 9.10. The van der Waals surface area contributed by atoms with Crippen LogP contribution in [0.5, 0.6) is 0 Å². The predicted molar refractivity (Wildman–Crippen MR) is 183 cm³/mol. The van der Waals surface area contributed by atoms with E-state index in [1.807, 2.05) is 18.2 Å². The average molecular weight is 569 g/mol. The summed E-state index contributed by atoms with van der Waals surface area (Å²) in [6, 6.07) is 13.8. The van der Waals surface area contributed by atoms with Gasteiger partial charge in [0.15, 0.2) is 6.20 Å². The zero-order chi connectivity index (χ0) is 36.6. The summed E-state index contributed by atoms with van der Waals surface area (Å²) < 4.78 is 73.1. The molecule has 1 aromatic heterocycles. The standard InChI is InChI=1S/C40H38N3/c1-25-27-13-7-8-14-28(27)34(40(2,3)4)24-32(25)38-39-31(21-22-41(38)5)33-23-26(19-20-35(33)42(39)6)43-36-17-11-9-15-29(36)30-16-10-12-18-37(30)43/h7-24,31,39H,1-6H3/q+1/i9D,10D,11D,12D,15D,16D,17D,18D. The van der Waals surface area contributed by atoms with Gasteiger partial charge in [-0.3, -0.25) is 0 Å². The molecule has 2 unspecified atom stereocenters. The van der Waals surface area contributed by atoms with Crippen molar-refractivity contribution >= 4 is 44.0 Å². The number of aryl methyl sites for hydroxylation is 1. The lowest BCUT2D eigenvalue weighted by Crippen LogP contribution is -2.44. The fourth-order valence-electron chi connectivity index (χ4n) is 7.34. The smallest absolute Gasteiger partial charge is 0.212 e. The normalized spacial score (nSPS) is 20.8. The van der Waals surface area contributed by atoms with E-state index in [1.54, 1.807) is 4.57 Å². The van der Waals surface area contributed by atoms with Gasteiger partial charge in [-0.25, -0.2) is 4.58 Å². The highest BCUT2D eigenvalue weighted by Crippen LogP contribution is 2.46. The fraction of sp³-hybridized carbons (Fsp3) is 0.225. The summed E-state index contributed by atoms with van der Waals surface area (Å²) in [6.45, 7) is 8.95. The summed E-state index contributed by atoms with van der Waals surface area (Å²) in [5, 5.41) is 2.64. The second kappa shape index (κ2) is 9.18. The fourth-order valence-corrected chi connectivity index (χ4v) is 7.34. The molecule has 0 fully saturated rings. The summed E-state index contributed by atoms with van der Waals surface area (Å²) in [5.41, 5.74) is 7.63. The van der Waals surface area contributed by atoms with Crippen LogP contribution in [0.25, 0.3) is 38.3 Å². The molecule has 3 heterocycles. The van der Waals surface area contributed by atoms with Gasteiger partial charge in [0.2, 0.25) is 5.71 Å². The molecule has 2 aliphatic rings. The van der Waals surface area contributed by atoms with E-state index >= 15 is 0 Å². The molecule has 43 heavy (non-hydrogen) atoms. The number of benzene rings is 5. The molecule has 2 aliphatic heterocycles. The topological polar surface area (TPSA) is 11.2 Å². The number of nitrogens with zero attached hydrogens (tertiary/aromatic N) is 3. The number of rotatable bonds is 2. The van der Waals surface area contributed by atoms with Crippen molar-refractivity contribution in [2.24, 2.45) is 0 Å². The van der Waals surface area contributed by atoms with Gasteiger partial charge < -0.3 is 9.47 Å². The molecule has 6 aromatic rings. The molecule has 0 amide bonds. The first-order chi connectivity index (χ1) is 24.1. The number of likely N-dealkylation sites (N-methyl/N-ethyl adjacent to an activating group) is 1. The average Bonchev–Trinajstić information content (AvgIpc) is 3.60. The molecule has 0 N–H and O–H groups in total. The highest BCUT2D eigenvalue weighted by atomic mass is 15.2. The molecule has 0 saturated carbocycles. The molecule has 0 saturated heterocycles. The SMILES string of the molecule is [2H]c1c([2H])c([2H])c2c(c1[2H])c1c([2H])c([2H])c([2H])c([2H])c1n2-c1ccc2c(c1)C1C=C[N+](C)=C(c3cc(C(C)(C)C)c4ccccc4c3C)C1N2C. The molecule has 0 radical (unpaired) electrons. The lowest BCUT2D eigenvalue weighted by atomic mass is 9.78. The van der Waals surface area contributed by atoms with Gasteiger partial charge in [-0.2, -0.15) is 0 Å². The summed E-state index contributed by atoms with van der Waals surface area (Å²) in [6.07, 6.45) is 4.32. The van der Waals surface area contributed by atoms with Crippen LogP contribution in [-0.4, -0.2) is 35.0 Å². The second-order valence-corrected chi connectivity index (χ2v) is 12.8. The highest BCUT2D eigenvalue weighted by molar-refractivity contribution is 6.11. The minimum Gasteiger partial charge on any atom is -0.361 e. The van der Waals surface area contributed by atoms with Crippen molar-refractivity contribution < 1.29 is 15.5 Å². The van der Waals surface area contributed by atoms with Crippen molar-refractivity contribution in [3.8, 4) is 5.69 Å². The van der Waals surface area contributed by atoms with Gasteiger partial charge in [-0.1, -0.05) is 81.3 Å². The Labute approximate surface area is 265 Å². The summed E-state index contributed by atoms with van der Waals surface area (Å²) in [7, 11) is 4.19. The number of para-hydroxylation sites is 2. The zero-order valence-corrected chi connectivity index (χ0v) is 25.3. The lowest BCUT2D eigenvalue weighted by molar-refractivity contribution is -0.425. The van der Waals surface area contributed by atoms with Gasteiger partial charge >= 0.3 is 0 Å². The Morgan fingerprint density at radius 3 is 2.14 bits per heavy atom. The Balaban J connectivity index is 1.37. The van der Waals surface area contributed by atoms with E-state index in [2.05, 4.69) is 93.9 Å². The maximum absolute atomic E-state index is 8.95. The number of hydrogen-bond donors (Lipinski definition) is 0. The molecular formula is C40H38N3+. The van der Waals surface area contributed by atoms with Gasteiger partial charge in [0.1, 0.15) is 13.1 Å². The van der Waals surface area contributed by atoms with Crippen LogP contribution in [0.3, 0.4) is 0 Å². The van der Waals surface area contributed by atoms with E-state index in [-0.39, 0.29) is 63.4 Å². The maximum atomic E-state index is 8.95. The molecule has 3 heteroatoms. The maximum Gasteiger partial charge on any atom is 0.212 e. The first kappa shape index (κ1) is 18.8. The molecular weight excluding hydrogens is 522 g/mol. The molecule has 0 aliphatic carbocycles. The van der Waals surface area contributed by atoms with Crippen LogP contribution in [-0.2, 0) is 5.41 Å². The van der Waals surface area contributed by atoms with Gasteiger partial charge in [0.05, 0.1) is 22.0 Å². The minimum absolute atomic E-state index is 0.0503. The van der Waals surface area contributed by atoms with Gasteiger partial charge in [-0.05, 0) is 82.2 Å². The Kier molecular flexibility index (Phi) is 4.02. The Bertz CT molecular complexity index is 2530. The van der Waals surface area contributed by atoms with Crippen LogP contribution in [0.1, 0.15) is 59.9 Å². The first-order valence-electron chi connectivity index (χ1n) is 18.7. The van der Waals surface area contributed by atoms with Crippen molar-refractivity contribution in [1.29, 1.82) is 0 Å². The highest BCUT2D eigenvalue weighted by Gasteiger charge is 2.45. The largest absolute Gasteiger partial charge is 0.361 e. The van der Waals surface area contributed by atoms with Crippen molar-refractivity contribution in [2.45, 2.75) is 45.1 Å². The van der Waals surface area contributed by atoms with Crippen molar-refractivity contribution in [3.63, 3.8) is 0 Å². The summed E-state index contributed by atoms with van der Waals surface area (Å²) in [4.78, 5) is 2.30. The van der Waals surface area contributed by atoms with Crippen LogP contribution >= 0.6 is 0 Å². The molecule has 212 valence electrons. The third-order valence-corrected chi connectivity index (χ3v) is 9.37.